The Morgan fingerprint density at radius 3 is 2.88 bits per heavy atom. The van der Waals surface area contributed by atoms with E-state index in [9.17, 15) is 0 Å². The molecule has 0 aromatic carbocycles. The van der Waals surface area contributed by atoms with Gasteiger partial charge < -0.3 is 8.98 Å². The topological polar surface area (TPSA) is 48.8 Å². The first-order valence-electron chi connectivity index (χ1n) is 5.46. The minimum absolute atomic E-state index is 0.787. The van der Waals surface area contributed by atoms with Gasteiger partial charge in [-0.3, -0.25) is 4.68 Å². The molecule has 0 unspecified atom stereocenters. The summed E-state index contributed by atoms with van der Waals surface area (Å²) in [5, 5.41) is 4.17. The van der Waals surface area contributed by atoms with E-state index < -0.39 is 0 Å². The van der Waals surface area contributed by atoms with Crippen LogP contribution in [0.5, 0.6) is 0 Å². The van der Waals surface area contributed by atoms with Gasteiger partial charge in [0.25, 0.3) is 0 Å². The van der Waals surface area contributed by atoms with Crippen LogP contribution in [0.1, 0.15) is 0 Å². The summed E-state index contributed by atoms with van der Waals surface area (Å²) in [6.07, 6.45) is 9.11. The largest absolute Gasteiger partial charge is 0.461 e. The van der Waals surface area contributed by atoms with Crippen molar-refractivity contribution >= 4 is 0 Å². The van der Waals surface area contributed by atoms with E-state index in [4.69, 9.17) is 4.42 Å². The number of hydrogen-bond acceptors (Lipinski definition) is 3. The first-order chi connectivity index (χ1) is 8.43. The molecule has 3 aromatic rings. The number of furan rings is 1. The molecular formula is C12H12N4O. The van der Waals surface area contributed by atoms with Gasteiger partial charge in [0.2, 0.25) is 0 Å². The molecule has 86 valence electrons. The van der Waals surface area contributed by atoms with Crippen molar-refractivity contribution < 1.29 is 4.42 Å². The number of aryl methyl sites for hydroxylation is 2. The fraction of sp³-hybridized carbons (Fsp3) is 0.167. The van der Waals surface area contributed by atoms with Crippen molar-refractivity contribution in [2.24, 2.45) is 0 Å². The summed E-state index contributed by atoms with van der Waals surface area (Å²) in [4.78, 5) is 4.30. The lowest BCUT2D eigenvalue weighted by Crippen LogP contribution is -2.08. The highest BCUT2D eigenvalue weighted by atomic mass is 16.3. The SMILES string of the molecule is c1coc(-c2nccn2CCn2cccn2)c1. The van der Waals surface area contributed by atoms with Crippen LogP contribution in [-0.2, 0) is 13.1 Å². The van der Waals surface area contributed by atoms with Crippen LogP contribution in [-0.4, -0.2) is 19.3 Å². The number of imidazole rings is 1. The van der Waals surface area contributed by atoms with Crippen molar-refractivity contribution in [1.29, 1.82) is 0 Å². The van der Waals surface area contributed by atoms with Crippen molar-refractivity contribution in [1.82, 2.24) is 19.3 Å². The Morgan fingerprint density at radius 2 is 2.12 bits per heavy atom. The maximum atomic E-state index is 5.35. The molecular weight excluding hydrogens is 216 g/mol. The van der Waals surface area contributed by atoms with Crippen LogP contribution in [0.25, 0.3) is 11.6 Å². The molecule has 0 aliphatic heterocycles. The first kappa shape index (κ1) is 9.89. The molecule has 17 heavy (non-hydrogen) atoms. The Balaban J connectivity index is 1.78. The zero-order valence-corrected chi connectivity index (χ0v) is 9.23. The van der Waals surface area contributed by atoms with Gasteiger partial charge in [-0.15, -0.1) is 0 Å². The molecule has 0 N–H and O–H groups in total. The standard InChI is InChI=1S/C12H12N4O/c1-3-11(17-10-1)12-13-5-7-15(12)8-9-16-6-2-4-14-16/h1-7,10H,8-9H2. The summed E-state index contributed by atoms with van der Waals surface area (Å²) >= 11 is 0. The van der Waals surface area contributed by atoms with Gasteiger partial charge in [0.1, 0.15) is 0 Å². The zero-order chi connectivity index (χ0) is 11.5. The van der Waals surface area contributed by atoms with Crippen LogP contribution in [0.2, 0.25) is 0 Å². The molecule has 0 fully saturated rings. The molecule has 3 rings (SSSR count). The van der Waals surface area contributed by atoms with Crippen molar-refractivity contribution in [2.45, 2.75) is 13.1 Å². The Bertz CT molecular complexity index is 565. The van der Waals surface area contributed by atoms with E-state index in [0.717, 1.165) is 24.7 Å². The molecule has 0 amide bonds. The van der Waals surface area contributed by atoms with E-state index in [1.807, 2.05) is 35.3 Å². The molecule has 0 aliphatic rings. The van der Waals surface area contributed by atoms with E-state index in [1.165, 1.54) is 0 Å². The Labute approximate surface area is 98.3 Å². The second-order valence-corrected chi connectivity index (χ2v) is 3.69. The van der Waals surface area contributed by atoms with E-state index in [2.05, 4.69) is 14.6 Å². The summed E-state index contributed by atoms with van der Waals surface area (Å²) in [5.74, 6) is 1.64. The monoisotopic (exact) mass is 228 g/mol. The molecule has 0 bridgehead atoms. The predicted molar refractivity (Wildman–Crippen MR) is 62.2 cm³/mol. The average molecular weight is 228 g/mol. The third kappa shape index (κ3) is 1.99. The zero-order valence-electron chi connectivity index (χ0n) is 9.23. The molecule has 0 aliphatic carbocycles. The third-order valence-corrected chi connectivity index (χ3v) is 2.59. The Hall–Kier alpha value is -2.30. The number of aromatic nitrogens is 4. The maximum absolute atomic E-state index is 5.35. The summed E-state index contributed by atoms with van der Waals surface area (Å²) in [5.41, 5.74) is 0. The van der Waals surface area contributed by atoms with Crippen LogP contribution in [0.15, 0.2) is 53.7 Å². The molecule has 0 radical (unpaired) electrons. The summed E-state index contributed by atoms with van der Waals surface area (Å²) in [6.45, 7) is 1.63. The quantitative estimate of drug-likeness (QED) is 0.686. The summed E-state index contributed by atoms with van der Waals surface area (Å²) in [6, 6.07) is 5.69. The lowest BCUT2D eigenvalue weighted by molar-refractivity contribution is 0.524. The summed E-state index contributed by atoms with van der Waals surface area (Å²) < 4.78 is 9.30. The summed E-state index contributed by atoms with van der Waals surface area (Å²) in [7, 11) is 0. The van der Waals surface area contributed by atoms with Gasteiger partial charge in [0.15, 0.2) is 11.6 Å². The van der Waals surface area contributed by atoms with E-state index in [0.29, 0.717) is 0 Å². The van der Waals surface area contributed by atoms with E-state index in [-0.39, 0.29) is 0 Å². The first-order valence-corrected chi connectivity index (χ1v) is 5.46. The molecule has 3 heterocycles. The second-order valence-electron chi connectivity index (χ2n) is 3.69. The molecule has 5 nitrogen and oxygen atoms in total. The van der Waals surface area contributed by atoms with Crippen molar-refractivity contribution in [3.05, 3.63) is 49.2 Å². The second kappa shape index (κ2) is 4.29. The average Bonchev–Trinajstić information content (AvgIpc) is 3.09. The molecule has 0 atom stereocenters. The Morgan fingerprint density at radius 1 is 1.12 bits per heavy atom. The lowest BCUT2D eigenvalue weighted by atomic mass is 10.4. The van der Waals surface area contributed by atoms with Gasteiger partial charge in [-0.25, -0.2) is 4.98 Å². The van der Waals surface area contributed by atoms with E-state index in [1.54, 1.807) is 18.7 Å². The lowest BCUT2D eigenvalue weighted by Gasteiger charge is -2.06. The van der Waals surface area contributed by atoms with Gasteiger partial charge in [0, 0.05) is 31.3 Å². The highest BCUT2D eigenvalue weighted by Gasteiger charge is 2.07. The molecule has 3 aromatic heterocycles. The minimum Gasteiger partial charge on any atom is -0.461 e. The predicted octanol–water partition coefficient (Wildman–Crippen LogP) is 2.04. The smallest absolute Gasteiger partial charge is 0.176 e. The maximum Gasteiger partial charge on any atom is 0.176 e. The third-order valence-electron chi connectivity index (χ3n) is 2.59. The van der Waals surface area contributed by atoms with Gasteiger partial charge in [-0.1, -0.05) is 0 Å². The van der Waals surface area contributed by atoms with Crippen LogP contribution < -0.4 is 0 Å². The molecule has 5 heteroatoms. The van der Waals surface area contributed by atoms with Crippen LogP contribution >= 0.6 is 0 Å². The fourth-order valence-electron chi connectivity index (χ4n) is 1.76. The van der Waals surface area contributed by atoms with Gasteiger partial charge in [-0.05, 0) is 18.2 Å². The minimum atomic E-state index is 0.787. The van der Waals surface area contributed by atoms with Crippen LogP contribution in [0, 0.1) is 0 Å². The van der Waals surface area contributed by atoms with Crippen LogP contribution in [0.3, 0.4) is 0 Å². The van der Waals surface area contributed by atoms with E-state index >= 15 is 0 Å². The highest BCUT2D eigenvalue weighted by molar-refractivity contribution is 5.46. The fourth-order valence-corrected chi connectivity index (χ4v) is 1.76. The molecule has 0 spiro atoms. The highest BCUT2D eigenvalue weighted by Crippen LogP contribution is 2.17. The van der Waals surface area contributed by atoms with Crippen LogP contribution in [0.4, 0.5) is 0 Å². The van der Waals surface area contributed by atoms with Gasteiger partial charge in [-0.2, -0.15) is 5.10 Å². The van der Waals surface area contributed by atoms with Crippen molar-refractivity contribution in [3.63, 3.8) is 0 Å². The van der Waals surface area contributed by atoms with Gasteiger partial charge in [0.05, 0.1) is 12.8 Å². The van der Waals surface area contributed by atoms with Crippen molar-refractivity contribution in [3.8, 4) is 11.6 Å². The van der Waals surface area contributed by atoms with Gasteiger partial charge >= 0.3 is 0 Å². The molecule has 0 saturated carbocycles. The Kier molecular flexibility index (Phi) is 2.50. The van der Waals surface area contributed by atoms with Crippen molar-refractivity contribution in [2.75, 3.05) is 0 Å². The normalized spacial score (nSPS) is 10.8. The number of rotatable bonds is 4. The number of nitrogens with zero attached hydrogens (tertiary/aromatic N) is 4. The molecule has 0 saturated heterocycles. The number of hydrogen-bond donors (Lipinski definition) is 0.